The van der Waals surface area contributed by atoms with Crippen molar-refractivity contribution in [2.24, 2.45) is 0 Å². The first-order chi connectivity index (χ1) is 16.7. The number of carbonyl (C=O) groups excluding carboxylic acids is 1. The fourth-order valence-electron chi connectivity index (χ4n) is 4.87. The van der Waals surface area contributed by atoms with Crippen LogP contribution in [-0.4, -0.2) is 64.4 Å². The molecule has 1 amide bonds. The Morgan fingerprint density at radius 3 is 3.00 bits per heavy atom. The zero-order chi connectivity index (χ0) is 23.1. The molecule has 4 aromatic rings. The number of anilines is 1. The number of fused-ring (bicyclic) bond motifs is 2. The van der Waals surface area contributed by atoms with Crippen molar-refractivity contribution in [3.63, 3.8) is 0 Å². The number of pyridine rings is 1. The van der Waals surface area contributed by atoms with Crippen LogP contribution in [0.2, 0.25) is 0 Å². The van der Waals surface area contributed by atoms with Crippen LogP contribution in [0.15, 0.2) is 41.1 Å². The number of carbonyl (C=O) groups is 1. The Balaban J connectivity index is 1.31. The average molecular weight is 463 g/mol. The third-order valence-electron chi connectivity index (χ3n) is 6.54. The highest BCUT2D eigenvalue weighted by atomic mass is 16.5. The molecule has 0 bridgehead atoms. The fraction of sp³-hybridized carbons (Fsp3) is 0.417. The van der Waals surface area contributed by atoms with Gasteiger partial charge in [-0.2, -0.15) is 0 Å². The number of ether oxygens (including phenoxy) is 2. The van der Waals surface area contributed by atoms with Crippen LogP contribution >= 0.6 is 0 Å². The number of amides is 1. The Morgan fingerprint density at radius 2 is 2.15 bits per heavy atom. The van der Waals surface area contributed by atoms with Crippen molar-refractivity contribution in [1.82, 2.24) is 24.9 Å². The van der Waals surface area contributed by atoms with Gasteiger partial charge in [0.05, 0.1) is 30.3 Å². The van der Waals surface area contributed by atoms with Crippen LogP contribution in [0.5, 0.6) is 5.88 Å². The van der Waals surface area contributed by atoms with E-state index in [1.165, 1.54) is 0 Å². The molecule has 6 heterocycles. The summed E-state index contributed by atoms with van der Waals surface area (Å²) in [6, 6.07) is 7.85. The molecule has 1 N–H and O–H groups in total. The summed E-state index contributed by atoms with van der Waals surface area (Å²) in [7, 11) is 1.74. The first-order valence-electron chi connectivity index (χ1n) is 11.6. The van der Waals surface area contributed by atoms with Crippen molar-refractivity contribution < 1.29 is 18.7 Å². The first kappa shape index (κ1) is 20.9. The smallest absolute Gasteiger partial charge is 0.231 e. The Morgan fingerprint density at radius 1 is 1.21 bits per heavy atom. The van der Waals surface area contributed by atoms with Gasteiger partial charge in [-0.3, -0.25) is 4.79 Å². The molecule has 4 aromatic heterocycles. The predicted molar refractivity (Wildman–Crippen MR) is 125 cm³/mol. The van der Waals surface area contributed by atoms with Crippen molar-refractivity contribution in [3.05, 3.63) is 36.7 Å². The summed E-state index contributed by atoms with van der Waals surface area (Å²) in [5.41, 5.74) is 2.18. The predicted octanol–water partition coefficient (Wildman–Crippen LogP) is 2.81. The van der Waals surface area contributed by atoms with Crippen LogP contribution < -0.4 is 15.0 Å². The van der Waals surface area contributed by atoms with Crippen molar-refractivity contribution in [2.75, 3.05) is 31.8 Å². The second-order valence-corrected chi connectivity index (χ2v) is 8.80. The molecule has 0 aliphatic carbocycles. The Hall–Kier alpha value is -3.66. The number of nitrogens with zero attached hydrogens (tertiary/aromatic N) is 5. The molecule has 0 spiro atoms. The SMILES string of the molecule is COCC1CCCN1c1nccc2oc(-c3cnc4ccc(OCC5CCC(=O)N5)nn34)cc12. The maximum Gasteiger partial charge on any atom is 0.231 e. The van der Waals surface area contributed by atoms with E-state index >= 15 is 0 Å². The van der Waals surface area contributed by atoms with E-state index in [1.54, 1.807) is 30.1 Å². The number of methoxy groups -OCH3 is 1. The van der Waals surface area contributed by atoms with E-state index in [-0.39, 0.29) is 11.9 Å². The summed E-state index contributed by atoms with van der Waals surface area (Å²) < 4.78 is 19.2. The van der Waals surface area contributed by atoms with Crippen molar-refractivity contribution >= 4 is 28.3 Å². The molecular weight excluding hydrogens is 436 g/mol. The van der Waals surface area contributed by atoms with Gasteiger partial charge in [0.15, 0.2) is 11.4 Å². The van der Waals surface area contributed by atoms with E-state index in [2.05, 4.69) is 25.3 Å². The van der Waals surface area contributed by atoms with Gasteiger partial charge in [-0.05, 0) is 37.5 Å². The lowest BCUT2D eigenvalue weighted by Crippen LogP contribution is -2.33. The van der Waals surface area contributed by atoms with Gasteiger partial charge in [0.2, 0.25) is 11.8 Å². The van der Waals surface area contributed by atoms with Crippen molar-refractivity contribution in [2.45, 2.75) is 37.8 Å². The minimum atomic E-state index is 0.0149. The molecule has 0 radical (unpaired) electrons. The van der Waals surface area contributed by atoms with Gasteiger partial charge in [-0.15, -0.1) is 5.10 Å². The molecular formula is C24H26N6O4. The number of hydrogen-bond acceptors (Lipinski definition) is 8. The highest BCUT2D eigenvalue weighted by Crippen LogP contribution is 2.35. The lowest BCUT2D eigenvalue weighted by atomic mass is 10.2. The largest absolute Gasteiger partial charge is 0.474 e. The molecule has 0 aromatic carbocycles. The maximum atomic E-state index is 11.4. The molecule has 34 heavy (non-hydrogen) atoms. The quantitative estimate of drug-likeness (QED) is 0.447. The molecule has 10 heteroatoms. The topological polar surface area (TPSA) is 107 Å². The summed E-state index contributed by atoms with van der Waals surface area (Å²) in [4.78, 5) is 22.9. The van der Waals surface area contributed by atoms with Gasteiger partial charge in [0.1, 0.15) is 23.7 Å². The standard InChI is InChI=1S/C24H26N6O4/c1-32-14-16-3-2-10-29(16)24-17-11-20(34-19(17)8-9-25-24)18-12-26-21-5-7-23(28-30(18)21)33-13-15-4-6-22(31)27-15/h5,7-9,11-12,15-16H,2-4,6,10,13-14H2,1H3,(H,27,31). The van der Waals surface area contributed by atoms with Gasteiger partial charge >= 0.3 is 0 Å². The summed E-state index contributed by atoms with van der Waals surface area (Å²) in [6.07, 6.45) is 7.04. The number of rotatable bonds is 7. The lowest BCUT2D eigenvalue weighted by Gasteiger charge is -2.25. The normalized spacial score (nSPS) is 20.5. The minimum absolute atomic E-state index is 0.0149. The minimum Gasteiger partial charge on any atom is -0.474 e. The first-order valence-corrected chi connectivity index (χ1v) is 11.6. The van der Waals surface area contributed by atoms with Crippen LogP contribution in [0, 0.1) is 0 Å². The molecule has 2 fully saturated rings. The highest BCUT2D eigenvalue weighted by molar-refractivity contribution is 5.92. The highest BCUT2D eigenvalue weighted by Gasteiger charge is 2.28. The van der Waals surface area contributed by atoms with Crippen molar-refractivity contribution in [3.8, 4) is 17.3 Å². The molecule has 0 saturated carbocycles. The zero-order valence-electron chi connectivity index (χ0n) is 18.9. The van der Waals surface area contributed by atoms with Crippen LogP contribution in [0.1, 0.15) is 25.7 Å². The third kappa shape index (κ3) is 3.73. The van der Waals surface area contributed by atoms with Gasteiger partial charge in [-0.1, -0.05) is 0 Å². The third-order valence-corrected chi connectivity index (χ3v) is 6.54. The van der Waals surface area contributed by atoms with Crippen LogP contribution in [0.25, 0.3) is 28.1 Å². The summed E-state index contributed by atoms with van der Waals surface area (Å²) in [5.74, 6) is 2.10. The number of aromatic nitrogens is 4. The van der Waals surface area contributed by atoms with Gasteiger partial charge < -0.3 is 24.1 Å². The molecule has 2 aliphatic heterocycles. The van der Waals surface area contributed by atoms with E-state index in [0.717, 1.165) is 48.3 Å². The van der Waals surface area contributed by atoms with Crippen molar-refractivity contribution in [1.29, 1.82) is 0 Å². The average Bonchev–Trinajstić information content (AvgIpc) is 3.63. The molecule has 2 unspecified atom stereocenters. The summed E-state index contributed by atoms with van der Waals surface area (Å²) in [5, 5.41) is 8.48. The fourth-order valence-corrected chi connectivity index (χ4v) is 4.87. The molecule has 6 rings (SSSR count). The van der Waals surface area contributed by atoms with E-state index in [4.69, 9.17) is 13.9 Å². The number of nitrogens with one attached hydrogen (secondary N) is 1. The van der Waals surface area contributed by atoms with Gasteiger partial charge in [0, 0.05) is 32.3 Å². The van der Waals surface area contributed by atoms with E-state index < -0.39 is 0 Å². The summed E-state index contributed by atoms with van der Waals surface area (Å²) >= 11 is 0. The molecule has 2 atom stereocenters. The second kappa shape index (κ2) is 8.60. The van der Waals surface area contributed by atoms with Crippen LogP contribution in [-0.2, 0) is 9.53 Å². The lowest BCUT2D eigenvalue weighted by molar-refractivity contribution is -0.119. The molecule has 10 nitrogen and oxygen atoms in total. The number of imidazole rings is 1. The van der Waals surface area contributed by atoms with Crippen LogP contribution in [0.3, 0.4) is 0 Å². The number of hydrogen-bond donors (Lipinski definition) is 1. The number of furan rings is 1. The van der Waals surface area contributed by atoms with Gasteiger partial charge in [0.25, 0.3) is 0 Å². The van der Waals surface area contributed by atoms with Crippen LogP contribution in [0.4, 0.5) is 5.82 Å². The Kier molecular flexibility index (Phi) is 5.29. The Labute approximate surface area is 195 Å². The summed E-state index contributed by atoms with van der Waals surface area (Å²) in [6.45, 7) is 2.00. The zero-order valence-corrected chi connectivity index (χ0v) is 18.9. The molecule has 176 valence electrons. The molecule has 2 aliphatic rings. The molecule has 2 saturated heterocycles. The Bertz CT molecular complexity index is 1350. The maximum absolute atomic E-state index is 11.4. The van der Waals surface area contributed by atoms with E-state index in [9.17, 15) is 4.79 Å². The monoisotopic (exact) mass is 462 g/mol. The van der Waals surface area contributed by atoms with E-state index in [1.807, 2.05) is 18.2 Å². The second-order valence-electron chi connectivity index (χ2n) is 8.80. The van der Waals surface area contributed by atoms with E-state index in [0.29, 0.717) is 43.0 Å². The van der Waals surface area contributed by atoms with Gasteiger partial charge in [-0.25, -0.2) is 14.5 Å².